The molecule has 2 heteroatoms. The van der Waals surface area contributed by atoms with Crippen LogP contribution in [0.1, 0.15) is 47.0 Å². The zero-order chi connectivity index (χ0) is 15.9. The number of rotatable bonds is 10. The average Bonchev–Trinajstić information content (AvgIpc) is 2.34. The predicted molar refractivity (Wildman–Crippen MR) is 96.8 cm³/mol. The van der Waals surface area contributed by atoms with Gasteiger partial charge in [0.2, 0.25) is 0 Å². The smallest absolute Gasteiger partial charge is 0.129 e. The van der Waals surface area contributed by atoms with Gasteiger partial charge in [-0.3, -0.25) is 0 Å². The van der Waals surface area contributed by atoms with Gasteiger partial charge in [0.05, 0.1) is 0 Å². The van der Waals surface area contributed by atoms with Crippen LogP contribution < -0.4 is 0 Å². The highest BCUT2D eigenvalue weighted by molar-refractivity contribution is 6.76. The Bertz CT molecular complexity index is 341. The van der Waals surface area contributed by atoms with Crippen molar-refractivity contribution in [2.24, 2.45) is 0 Å². The summed E-state index contributed by atoms with van der Waals surface area (Å²) in [7, 11) is -1.53. The topological polar surface area (TPSA) is 3.24 Å². The van der Waals surface area contributed by atoms with E-state index in [0.29, 0.717) is 11.6 Å². The van der Waals surface area contributed by atoms with E-state index in [9.17, 15) is 0 Å². The third-order valence-corrected chi connectivity index (χ3v) is 9.03. The molecule has 0 bridgehead atoms. The van der Waals surface area contributed by atoms with Gasteiger partial charge in [-0.25, -0.2) is 0 Å². The fourth-order valence-electron chi connectivity index (χ4n) is 3.29. The molecule has 0 fully saturated rings. The molecule has 0 N–H and O–H groups in total. The van der Waals surface area contributed by atoms with Crippen LogP contribution in [0.15, 0.2) is 37.0 Å². The van der Waals surface area contributed by atoms with E-state index >= 15 is 0 Å². The summed E-state index contributed by atoms with van der Waals surface area (Å²) in [6, 6.07) is 0.612. The molecule has 0 aromatic heterocycles. The largest absolute Gasteiger partial charge is 0.321 e. The van der Waals surface area contributed by atoms with Crippen molar-refractivity contribution in [3.05, 3.63) is 37.0 Å². The Kier molecular flexibility index (Phi) is 8.37. The summed E-state index contributed by atoms with van der Waals surface area (Å²) in [5.41, 5.74) is 3.10. The van der Waals surface area contributed by atoms with E-state index in [1.807, 2.05) is 6.08 Å². The number of nitrogens with zero attached hydrogens (tertiary/aromatic N) is 1. The van der Waals surface area contributed by atoms with Gasteiger partial charge in [-0.1, -0.05) is 64.2 Å². The standard InChI is InChI=1S/C18H35NSi/c1-10-14-19(16(5)6)20(8,9)18(15(3)4)13-12-17(7)11-2/h11,16,18H,2-3,7,10,12-14H2,1,4-6,8-9H3. The Morgan fingerprint density at radius 2 is 1.80 bits per heavy atom. The summed E-state index contributed by atoms with van der Waals surface area (Å²) >= 11 is 0. The van der Waals surface area contributed by atoms with Crippen molar-refractivity contribution in [2.75, 3.05) is 6.54 Å². The Morgan fingerprint density at radius 3 is 2.15 bits per heavy atom. The van der Waals surface area contributed by atoms with Gasteiger partial charge < -0.3 is 4.57 Å². The first-order valence-electron chi connectivity index (χ1n) is 7.90. The van der Waals surface area contributed by atoms with Gasteiger partial charge in [0.1, 0.15) is 8.24 Å². The van der Waals surface area contributed by atoms with Crippen molar-refractivity contribution < 1.29 is 0 Å². The molecule has 0 rings (SSSR count). The minimum atomic E-state index is -1.53. The summed E-state index contributed by atoms with van der Waals surface area (Å²) < 4.78 is 2.75. The second-order valence-electron chi connectivity index (χ2n) is 6.74. The molecule has 0 spiro atoms. The van der Waals surface area contributed by atoms with Crippen LogP contribution in [0.25, 0.3) is 0 Å². The van der Waals surface area contributed by atoms with Crippen LogP contribution in [-0.2, 0) is 0 Å². The monoisotopic (exact) mass is 293 g/mol. The molecular formula is C18H35NSi. The summed E-state index contributed by atoms with van der Waals surface area (Å²) in [4.78, 5) is 0. The molecule has 1 atom stereocenters. The molecule has 0 radical (unpaired) electrons. The van der Waals surface area contributed by atoms with Gasteiger partial charge in [0.25, 0.3) is 0 Å². The molecule has 116 valence electrons. The van der Waals surface area contributed by atoms with E-state index in [2.05, 4.69) is 65.1 Å². The molecule has 1 nitrogen and oxygen atoms in total. The first kappa shape index (κ1) is 19.4. The molecular weight excluding hydrogens is 258 g/mol. The molecule has 0 saturated carbocycles. The molecule has 0 aliphatic carbocycles. The van der Waals surface area contributed by atoms with E-state index in [1.165, 1.54) is 18.5 Å². The van der Waals surface area contributed by atoms with Crippen molar-refractivity contribution in [1.82, 2.24) is 4.57 Å². The summed E-state index contributed by atoms with van der Waals surface area (Å²) in [6.07, 6.45) is 5.30. The maximum absolute atomic E-state index is 4.28. The lowest BCUT2D eigenvalue weighted by Gasteiger charge is -2.45. The third kappa shape index (κ3) is 5.41. The van der Waals surface area contributed by atoms with E-state index < -0.39 is 8.24 Å². The minimum Gasteiger partial charge on any atom is -0.321 e. The Labute approximate surface area is 128 Å². The maximum Gasteiger partial charge on any atom is 0.129 e. The number of hydrogen-bond donors (Lipinski definition) is 0. The van der Waals surface area contributed by atoms with Gasteiger partial charge in [-0.05, 0) is 44.3 Å². The van der Waals surface area contributed by atoms with E-state index in [0.717, 1.165) is 18.4 Å². The number of hydrogen-bond acceptors (Lipinski definition) is 1. The fourth-order valence-corrected chi connectivity index (χ4v) is 7.88. The molecule has 1 unspecified atom stereocenters. The normalized spacial score (nSPS) is 13.6. The van der Waals surface area contributed by atoms with Crippen molar-refractivity contribution >= 4 is 8.24 Å². The Balaban J connectivity index is 5.15. The minimum absolute atomic E-state index is 0.612. The second-order valence-corrected chi connectivity index (χ2v) is 11.3. The van der Waals surface area contributed by atoms with Gasteiger partial charge in [0.15, 0.2) is 0 Å². The molecule has 0 heterocycles. The van der Waals surface area contributed by atoms with Crippen molar-refractivity contribution in [2.45, 2.75) is 71.6 Å². The lowest BCUT2D eigenvalue weighted by atomic mass is 10.1. The quantitative estimate of drug-likeness (QED) is 0.280. The Morgan fingerprint density at radius 1 is 1.25 bits per heavy atom. The molecule has 0 aliphatic rings. The van der Waals surface area contributed by atoms with E-state index in [4.69, 9.17) is 0 Å². The molecule has 0 saturated heterocycles. The third-order valence-electron chi connectivity index (χ3n) is 4.32. The summed E-state index contributed by atoms with van der Waals surface area (Å²) in [5, 5.41) is 0. The number of allylic oxidation sites excluding steroid dienone is 3. The zero-order valence-corrected chi connectivity index (χ0v) is 15.6. The van der Waals surface area contributed by atoms with Crippen LogP contribution in [-0.4, -0.2) is 25.4 Å². The molecule has 0 aromatic rings. The highest BCUT2D eigenvalue weighted by atomic mass is 28.3. The predicted octanol–water partition coefficient (Wildman–Crippen LogP) is 5.78. The Hall–Kier alpha value is -0.603. The first-order valence-corrected chi connectivity index (χ1v) is 10.9. The SMILES string of the molecule is C=CC(=C)CCC(C(=C)C)[Si](C)(C)N(CCC)C(C)C. The maximum atomic E-state index is 4.28. The molecule has 0 amide bonds. The van der Waals surface area contributed by atoms with Gasteiger partial charge in [-0.2, -0.15) is 0 Å². The van der Waals surface area contributed by atoms with Gasteiger partial charge in [0, 0.05) is 0 Å². The molecule has 0 aromatic carbocycles. The van der Waals surface area contributed by atoms with Gasteiger partial charge in [-0.15, -0.1) is 6.58 Å². The van der Waals surface area contributed by atoms with E-state index in [1.54, 1.807) is 0 Å². The first-order chi connectivity index (χ1) is 9.18. The highest BCUT2D eigenvalue weighted by Crippen LogP contribution is 2.37. The lowest BCUT2D eigenvalue weighted by molar-refractivity contribution is 0.344. The van der Waals surface area contributed by atoms with Crippen LogP contribution in [0.4, 0.5) is 0 Å². The van der Waals surface area contributed by atoms with Crippen molar-refractivity contribution in [3.63, 3.8) is 0 Å². The average molecular weight is 294 g/mol. The van der Waals surface area contributed by atoms with E-state index in [-0.39, 0.29) is 0 Å². The summed E-state index contributed by atoms with van der Waals surface area (Å²) in [5.74, 6) is 0. The van der Waals surface area contributed by atoms with Gasteiger partial charge >= 0.3 is 0 Å². The fraction of sp³-hybridized carbons (Fsp3) is 0.667. The molecule has 20 heavy (non-hydrogen) atoms. The second kappa shape index (κ2) is 8.63. The van der Waals surface area contributed by atoms with Crippen molar-refractivity contribution in [3.8, 4) is 0 Å². The van der Waals surface area contributed by atoms with Crippen molar-refractivity contribution in [1.29, 1.82) is 0 Å². The van der Waals surface area contributed by atoms with Crippen LogP contribution in [0, 0.1) is 0 Å². The highest BCUT2D eigenvalue weighted by Gasteiger charge is 2.38. The summed E-state index contributed by atoms with van der Waals surface area (Å²) in [6.45, 7) is 27.5. The lowest BCUT2D eigenvalue weighted by Crippen LogP contribution is -2.55. The van der Waals surface area contributed by atoms with Crippen LogP contribution in [0.2, 0.25) is 18.6 Å². The molecule has 0 aliphatic heterocycles. The van der Waals surface area contributed by atoms with Crippen LogP contribution >= 0.6 is 0 Å². The van der Waals surface area contributed by atoms with Crippen LogP contribution in [0.5, 0.6) is 0 Å². The van der Waals surface area contributed by atoms with Crippen LogP contribution in [0.3, 0.4) is 0 Å². The zero-order valence-electron chi connectivity index (χ0n) is 14.6.